The first kappa shape index (κ1) is 25.3. The van der Waals surface area contributed by atoms with Crippen LogP contribution in [0, 0.1) is 11.7 Å². The molecule has 198 valence electrons. The van der Waals surface area contributed by atoms with Gasteiger partial charge in [-0.3, -0.25) is 0 Å². The summed E-state index contributed by atoms with van der Waals surface area (Å²) in [6.07, 6.45) is 7.13. The van der Waals surface area contributed by atoms with Gasteiger partial charge in [-0.15, -0.1) is 0 Å². The summed E-state index contributed by atoms with van der Waals surface area (Å²) in [6, 6.07) is 4.71. The van der Waals surface area contributed by atoms with E-state index >= 15 is 0 Å². The van der Waals surface area contributed by atoms with Crippen molar-refractivity contribution in [2.75, 3.05) is 13.1 Å². The number of hydrogen-bond acceptors (Lipinski definition) is 5. The molecule has 0 saturated carbocycles. The molecule has 0 amide bonds. The summed E-state index contributed by atoms with van der Waals surface area (Å²) in [5.74, 6) is -2.40. The number of hydrogen-bond donors (Lipinski definition) is 3. The van der Waals surface area contributed by atoms with Crippen LogP contribution in [0.1, 0.15) is 0 Å². The number of H-pyrrole nitrogens is 1. The SMILES string of the molecule is Cn1cc(-c2n[nH]c(=O)n2C2=C3C=CC=CC3N3CC(CN)C=C23)c2cc(F)ccc21.O=C(O)C(F)(F)F. The summed E-state index contributed by atoms with van der Waals surface area (Å²) in [6.45, 7) is 1.35. The van der Waals surface area contributed by atoms with Crippen LogP contribution < -0.4 is 11.4 Å². The average molecular weight is 530 g/mol. The molecule has 9 nitrogen and oxygen atoms in total. The van der Waals surface area contributed by atoms with E-state index in [1.807, 2.05) is 36.0 Å². The number of fused-ring (bicyclic) bond motifs is 4. The zero-order valence-corrected chi connectivity index (χ0v) is 19.9. The van der Waals surface area contributed by atoms with Crippen molar-refractivity contribution in [2.45, 2.75) is 12.2 Å². The average Bonchev–Trinajstić information content (AvgIpc) is 3.60. The van der Waals surface area contributed by atoms with Crippen LogP contribution in [0.2, 0.25) is 0 Å². The van der Waals surface area contributed by atoms with Crippen LogP contribution in [0.25, 0.3) is 28.0 Å². The van der Waals surface area contributed by atoms with E-state index in [2.05, 4.69) is 27.2 Å². The first-order valence-corrected chi connectivity index (χ1v) is 11.5. The number of alkyl halides is 3. The molecule has 3 aliphatic rings. The number of rotatable bonds is 3. The van der Waals surface area contributed by atoms with Crippen molar-refractivity contribution in [3.05, 3.63) is 82.3 Å². The van der Waals surface area contributed by atoms with E-state index in [0.29, 0.717) is 23.3 Å². The van der Waals surface area contributed by atoms with Crippen molar-refractivity contribution in [2.24, 2.45) is 18.7 Å². The van der Waals surface area contributed by atoms with Crippen LogP contribution in [0.3, 0.4) is 0 Å². The van der Waals surface area contributed by atoms with E-state index in [4.69, 9.17) is 15.6 Å². The number of nitrogens with two attached hydrogens (primary N) is 1. The van der Waals surface area contributed by atoms with Crippen molar-refractivity contribution in [1.29, 1.82) is 0 Å². The molecule has 0 saturated heterocycles. The van der Waals surface area contributed by atoms with Crippen molar-refractivity contribution in [3.8, 4) is 11.4 Å². The number of nitrogens with zero attached hydrogens (tertiary/aromatic N) is 4. The predicted molar refractivity (Wildman–Crippen MR) is 131 cm³/mol. The summed E-state index contributed by atoms with van der Waals surface area (Å²) in [7, 11) is 1.90. The third kappa shape index (κ3) is 4.14. The van der Waals surface area contributed by atoms with Gasteiger partial charge < -0.3 is 20.3 Å². The molecule has 2 unspecified atom stereocenters. The molecule has 3 aromatic rings. The number of aromatic amines is 1. The number of aryl methyl sites for hydroxylation is 1. The maximum Gasteiger partial charge on any atom is 0.490 e. The molecule has 13 heteroatoms. The molecule has 1 aliphatic carbocycles. The molecule has 1 aromatic carbocycles. The van der Waals surface area contributed by atoms with Crippen LogP contribution in [0.4, 0.5) is 17.6 Å². The molecule has 2 atom stereocenters. The lowest BCUT2D eigenvalue weighted by molar-refractivity contribution is -0.192. The molecule has 0 fully saturated rings. The number of carbonyl (C=O) groups is 1. The summed E-state index contributed by atoms with van der Waals surface area (Å²) in [5, 5.41) is 14.8. The van der Waals surface area contributed by atoms with Gasteiger partial charge in [-0.05, 0) is 18.2 Å². The number of aromatic nitrogens is 4. The molecule has 4 N–H and O–H groups in total. The van der Waals surface area contributed by atoms with E-state index in [0.717, 1.165) is 29.0 Å². The standard InChI is InChI=1S/C23H21FN6O.C2HF3O2/c1-28-12-17(16-9-14(24)6-7-18(16)28)22-26-27-23(31)30(22)21-15-4-2-3-5-19(15)29-11-13(10-25)8-20(21)29;3-2(4,5)1(6)7/h2-9,12-13,19H,10-11,25H2,1H3,(H,27,31);(H,6,7). The number of aliphatic carboxylic acids is 1. The molecule has 38 heavy (non-hydrogen) atoms. The Balaban J connectivity index is 0.000000374. The highest BCUT2D eigenvalue weighted by atomic mass is 19.4. The van der Waals surface area contributed by atoms with Gasteiger partial charge in [-0.1, -0.05) is 30.4 Å². The van der Waals surface area contributed by atoms with Gasteiger partial charge in [-0.2, -0.15) is 18.3 Å². The van der Waals surface area contributed by atoms with Crippen molar-refractivity contribution < 1.29 is 27.5 Å². The highest BCUT2D eigenvalue weighted by Gasteiger charge is 2.41. The maximum absolute atomic E-state index is 14.1. The van der Waals surface area contributed by atoms with Gasteiger partial charge in [-0.25, -0.2) is 23.6 Å². The lowest BCUT2D eigenvalue weighted by Gasteiger charge is -2.25. The van der Waals surface area contributed by atoms with Gasteiger partial charge in [0.05, 0.1) is 17.4 Å². The molecule has 0 spiro atoms. The first-order valence-electron chi connectivity index (χ1n) is 11.5. The minimum Gasteiger partial charge on any atom is -0.475 e. The molecular weight excluding hydrogens is 508 g/mol. The van der Waals surface area contributed by atoms with Crippen molar-refractivity contribution in [1.82, 2.24) is 24.2 Å². The fourth-order valence-electron chi connectivity index (χ4n) is 4.98. The third-order valence-electron chi connectivity index (χ3n) is 6.62. The van der Waals surface area contributed by atoms with Crippen molar-refractivity contribution >= 4 is 22.6 Å². The van der Waals surface area contributed by atoms with E-state index in [1.54, 1.807) is 10.6 Å². The Labute approximate surface area is 212 Å². The van der Waals surface area contributed by atoms with Crippen LogP contribution in [0.15, 0.2) is 70.8 Å². The van der Waals surface area contributed by atoms with E-state index in [-0.39, 0.29) is 23.5 Å². The quantitative estimate of drug-likeness (QED) is 0.448. The number of nitrogens with one attached hydrogen (secondary N) is 1. The number of allylic oxidation sites excluding steroid dienone is 3. The van der Waals surface area contributed by atoms with Crippen LogP contribution in [-0.4, -0.2) is 60.6 Å². The Morgan fingerprint density at radius 1 is 1.29 bits per heavy atom. The van der Waals surface area contributed by atoms with Gasteiger partial charge in [0.15, 0.2) is 5.82 Å². The summed E-state index contributed by atoms with van der Waals surface area (Å²) >= 11 is 0. The van der Waals surface area contributed by atoms with Gasteiger partial charge >= 0.3 is 17.8 Å². The van der Waals surface area contributed by atoms with E-state index in [1.165, 1.54) is 12.1 Å². The summed E-state index contributed by atoms with van der Waals surface area (Å²) in [5.41, 5.74) is 10.0. The zero-order chi connectivity index (χ0) is 27.4. The Morgan fingerprint density at radius 2 is 2.03 bits per heavy atom. The zero-order valence-electron chi connectivity index (χ0n) is 19.9. The van der Waals surface area contributed by atoms with Gasteiger partial charge in [0.25, 0.3) is 0 Å². The molecule has 0 bridgehead atoms. The molecule has 4 heterocycles. The van der Waals surface area contributed by atoms with Crippen LogP contribution in [-0.2, 0) is 11.8 Å². The smallest absolute Gasteiger partial charge is 0.475 e. The minimum absolute atomic E-state index is 0.0578. The topological polar surface area (TPSA) is 122 Å². The predicted octanol–water partition coefficient (Wildman–Crippen LogP) is 3.00. The van der Waals surface area contributed by atoms with Crippen LogP contribution in [0.5, 0.6) is 0 Å². The second kappa shape index (κ2) is 9.17. The fraction of sp³-hybridized carbons (Fsp3) is 0.240. The largest absolute Gasteiger partial charge is 0.490 e. The van der Waals surface area contributed by atoms with Crippen molar-refractivity contribution in [3.63, 3.8) is 0 Å². The number of carboxylic acid groups (broad SMARTS) is 1. The van der Waals surface area contributed by atoms with Gasteiger partial charge in [0, 0.05) is 54.3 Å². The lowest BCUT2D eigenvalue weighted by atomic mass is 10.0. The molecule has 6 rings (SSSR count). The second-order valence-electron chi connectivity index (χ2n) is 9.00. The Morgan fingerprint density at radius 3 is 2.71 bits per heavy atom. The Bertz CT molecular complexity index is 1620. The Hall–Kier alpha value is -4.39. The molecule has 2 aromatic heterocycles. The first-order chi connectivity index (χ1) is 18.0. The van der Waals surface area contributed by atoms with Gasteiger partial charge in [0.1, 0.15) is 5.82 Å². The highest BCUT2D eigenvalue weighted by molar-refractivity contribution is 5.95. The summed E-state index contributed by atoms with van der Waals surface area (Å²) < 4.78 is 49.3. The summed E-state index contributed by atoms with van der Waals surface area (Å²) in [4.78, 5) is 24.2. The molecular formula is C25H22F4N6O3. The number of benzene rings is 1. The third-order valence-corrected chi connectivity index (χ3v) is 6.62. The fourth-order valence-corrected chi connectivity index (χ4v) is 4.98. The molecule has 0 radical (unpaired) electrons. The number of halogens is 4. The minimum atomic E-state index is -5.08. The second-order valence-corrected chi connectivity index (χ2v) is 9.00. The highest BCUT2D eigenvalue weighted by Crippen LogP contribution is 2.44. The van der Waals surface area contributed by atoms with E-state index < -0.39 is 12.1 Å². The lowest BCUT2D eigenvalue weighted by Crippen LogP contribution is -2.31. The maximum atomic E-state index is 14.1. The molecule has 2 aliphatic heterocycles. The van der Waals surface area contributed by atoms with E-state index in [9.17, 15) is 22.4 Å². The van der Waals surface area contributed by atoms with Crippen LogP contribution >= 0.6 is 0 Å². The van der Waals surface area contributed by atoms with Gasteiger partial charge in [0.2, 0.25) is 0 Å². The normalized spacial score (nSPS) is 19.9. The monoisotopic (exact) mass is 530 g/mol. The Kier molecular flexibility index (Phi) is 6.10. The number of carboxylic acids is 1.